The van der Waals surface area contributed by atoms with Gasteiger partial charge in [0.25, 0.3) is 0 Å². The molecule has 0 heterocycles. The third kappa shape index (κ3) is 5.65. The van der Waals surface area contributed by atoms with E-state index in [1.807, 2.05) is 6.92 Å². The summed E-state index contributed by atoms with van der Waals surface area (Å²) in [6.07, 6.45) is -1.98. The molecule has 0 bridgehead atoms. The molecule has 0 aliphatic heterocycles. The highest BCUT2D eigenvalue weighted by Crippen LogP contribution is 2.30. The van der Waals surface area contributed by atoms with Crippen LogP contribution in [0.1, 0.15) is 26.2 Å². The summed E-state index contributed by atoms with van der Waals surface area (Å²) < 4.78 is 45.0. The van der Waals surface area contributed by atoms with Crippen molar-refractivity contribution in [1.29, 1.82) is 0 Å². The fourth-order valence-corrected chi connectivity index (χ4v) is 1.37. The van der Waals surface area contributed by atoms with Crippen molar-refractivity contribution in [3.63, 3.8) is 0 Å². The van der Waals surface area contributed by atoms with E-state index in [2.05, 4.69) is 4.74 Å². The predicted molar refractivity (Wildman–Crippen MR) is 59.8 cm³/mol. The Hall–Kier alpha value is -1.59. The van der Waals surface area contributed by atoms with Crippen LogP contribution in [0.15, 0.2) is 18.2 Å². The zero-order valence-corrected chi connectivity index (χ0v) is 9.96. The molecule has 0 atom stereocenters. The molecule has 0 unspecified atom stereocenters. The molecule has 102 valence electrons. The lowest BCUT2D eigenvalue weighted by Gasteiger charge is -2.11. The number of aromatic hydroxyl groups is 1. The van der Waals surface area contributed by atoms with Gasteiger partial charge in [0.1, 0.15) is 17.2 Å². The summed E-state index contributed by atoms with van der Waals surface area (Å²) in [6.45, 7) is 2.42. The lowest BCUT2D eigenvalue weighted by molar-refractivity contribution is -0.274. The van der Waals surface area contributed by atoms with Crippen LogP contribution in [-0.2, 0) is 0 Å². The zero-order chi connectivity index (χ0) is 13.6. The summed E-state index contributed by atoms with van der Waals surface area (Å²) in [5, 5.41) is 9.27. The largest absolute Gasteiger partial charge is 0.573 e. The maximum atomic E-state index is 12.0. The second-order valence-corrected chi connectivity index (χ2v) is 3.77. The summed E-state index contributed by atoms with van der Waals surface area (Å²) in [5.74, 6) is -0.666. The van der Waals surface area contributed by atoms with E-state index in [0.717, 1.165) is 31.4 Å². The molecule has 0 amide bonds. The van der Waals surface area contributed by atoms with Gasteiger partial charge in [0.15, 0.2) is 0 Å². The Labute approximate surface area is 103 Å². The van der Waals surface area contributed by atoms with Crippen molar-refractivity contribution in [1.82, 2.24) is 0 Å². The van der Waals surface area contributed by atoms with Crippen LogP contribution in [0, 0.1) is 0 Å². The van der Waals surface area contributed by atoms with E-state index < -0.39 is 12.1 Å². The predicted octanol–water partition coefficient (Wildman–Crippen LogP) is 3.86. The Kier molecular flexibility index (Phi) is 5.12. The van der Waals surface area contributed by atoms with Crippen LogP contribution in [0.5, 0.6) is 17.2 Å². The number of benzene rings is 1. The lowest BCUT2D eigenvalue weighted by Crippen LogP contribution is -2.17. The Bertz CT molecular complexity index is 377. The number of rotatable bonds is 6. The molecule has 18 heavy (non-hydrogen) atoms. The number of ether oxygens (including phenoxy) is 2. The monoisotopic (exact) mass is 264 g/mol. The van der Waals surface area contributed by atoms with Gasteiger partial charge >= 0.3 is 6.36 Å². The van der Waals surface area contributed by atoms with Gasteiger partial charge in [0, 0.05) is 18.2 Å². The third-order valence-electron chi connectivity index (χ3n) is 2.12. The quantitative estimate of drug-likeness (QED) is 0.793. The second kappa shape index (κ2) is 6.37. The molecule has 0 saturated heterocycles. The standard InChI is InChI=1S/C12H15F3O3/c1-2-3-4-5-17-10-6-9(16)7-11(8-10)18-12(13,14)15/h6-8,16H,2-5H2,1H3. The van der Waals surface area contributed by atoms with Gasteiger partial charge in [-0.1, -0.05) is 19.8 Å². The second-order valence-electron chi connectivity index (χ2n) is 3.77. The summed E-state index contributed by atoms with van der Waals surface area (Å²) in [7, 11) is 0. The van der Waals surface area contributed by atoms with Crippen LogP contribution in [-0.4, -0.2) is 18.1 Å². The van der Waals surface area contributed by atoms with Crippen LogP contribution < -0.4 is 9.47 Å². The first kappa shape index (κ1) is 14.5. The molecule has 0 saturated carbocycles. The first-order valence-corrected chi connectivity index (χ1v) is 5.63. The first-order valence-electron chi connectivity index (χ1n) is 5.63. The average molecular weight is 264 g/mol. The Morgan fingerprint density at radius 2 is 1.78 bits per heavy atom. The molecule has 0 aliphatic rings. The topological polar surface area (TPSA) is 38.7 Å². The first-order chi connectivity index (χ1) is 8.40. The normalized spacial score (nSPS) is 11.3. The smallest absolute Gasteiger partial charge is 0.508 e. The molecule has 0 aliphatic carbocycles. The van der Waals surface area contributed by atoms with Gasteiger partial charge in [-0.3, -0.25) is 0 Å². The molecule has 1 aromatic rings. The van der Waals surface area contributed by atoms with Gasteiger partial charge in [-0.15, -0.1) is 13.2 Å². The maximum Gasteiger partial charge on any atom is 0.573 e. The number of alkyl halides is 3. The number of halogens is 3. The van der Waals surface area contributed by atoms with Gasteiger partial charge in [-0.05, 0) is 6.42 Å². The van der Waals surface area contributed by atoms with E-state index >= 15 is 0 Å². The minimum atomic E-state index is -4.78. The van der Waals surface area contributed by atoms with E-state index in [1.54, 1.807) is 0 Å². The molecule has 1 N–H and O–H groups in total. The number of unbranched alkanes of at least 4 members (excludes halogenated alkanes) is 2. The molecule has 1 rings (SSSR count). The van der Waals surface area contributed by atoms with Crippen LogP contribution in [0.3, 0.4) is 0 Å². The van der Waals surface area contributed by atoms with Gasteiger partial charge in [0.05, 0.1) is 6.61 Å². The molecule has 0 spiro atoms. The van der Waals surface area contributed by atoms with Gasteiger partial charge in [-0.2, -0.15) is 0 Å². The maximum absolute atomic E-state index is 12.0. The van der Waals surface area contributed by atoms with Crippen molar-refractivity contribution < 1.29 is 27.8 Å². The lowest BCUT2D eigenvalue weighted by atomic mass is 10.2. The molecule has 0 fully saturated rings. The van der Waals surface area contributed by atoms with Crippen molar-refractivity contribution in [3.05, 3.63) is 18.2 Å². The number of hydrogen-bond acceptors (Lipinski definition) is 3. The van der Waals surface area contributed by atoms with E-state index in [1.165, 1.54) is 6.07 Å². The van der Waals surface area contributed by atoms with Gasteiger partial charge in [-0.25, -0.2) is 0 Å². The Morgan fingerprint density at radius 1 is 1.11 bits per heavy atom. The highest BCUT2D eigenvalue weighted by Gasteiger charge is 2.31. The van der Waals surface area contributed by atoms with Gasteiger partial charge in [0.2, 0.25) is 0 Å². The fourth-order valence-electron chi connectivity index (χ4n) is 1.37. The molecule has 3 nitrogen and oxygen atoms in total. The van der Waals surface area contributed by atoms with Crippen molar-refractivity contribution in [3.8, 4) is 17.2 Å². The minimum absolute atomic E-state index is 0.158. The van der Waals surface area contributed by atoms with Gasteiger partial charge < -0.3 is 14.6 Å². The van der Waals surface area contributed by atoms with Crippen molar-refractivity contribution >= 4 is 0 Å². The van der Waals surface area contributed by atoms with Crippen molar-refractivity contribution in [2.75, 3.05) is 6.61 Å². The summed E-state index contributed by atoms with van der Waals surface area (Å²) in [4.78, 5) is 0. The Morgan fingerprint density at radius 3 is 2.39 bits per heavy atom. The van der Waals surface area contributed by atoms with E-state index in [9.17, 15) is 18.3 Å². The van der Waals surface area contributed by atoms with Crippen molar-refractivity contribution in [2.24, 2.45) is 0 Å². The van der Waals surface area contributed by atoms with Crippen LogP contribution in [0.4, 0.5) is 13.2 Å². The highest BCUT2D eigenvalue weighted by molar-refractivity contribution is 5.41. The number of phenolic OH excluding ortho intramolecular Hbond substituents is 1. The summed E-state index contributed by atoms with van der Waals surface area (Å²) in [5.41, 5.74) is 0. The SMILES string of the molecule is CCCCCOc1cc(O)cc(OC(F)(F)F)c1. The van der Waals surface area contributed by atoms with Crippen LogP contribution in [0.2, 0.25) is 0 Å². The molecular weight excluding hydrogens is 249 g/mol. The molecule has 6 heteroatoms. The van der Waals surface area contributed by atoms with Crippen LogP contribution >= 0.6 is 0 Å². The zero-order valence-electron chi connectivity index (χ0n) is 9.96. The number of hydrogen-bond donors (Lipinski definition) is 1. The summed E-state index contributed by atoms with van der Waals surface area (Å²) >= 11 is 0. The van der Waals surface area contributed by atoms with E-state index in [4.69, 9.17) is 4.74 Å². The molecule has 0 aromatic heterocycles. The highest BCUT2D eigenvalue weighted by atomic mass is 19.4. The number of phenols is 1. The molecular formula is C12H15F3O3. The average Bonchev–Trinajstić information content (AvgIpc) is 2.21. The fraction of sp³-hybridized carbons (Fsp3) is 0.500. The Balaban J connectivity index is 2.63. The van der Waals surface area contributed by atoms with Crippen LogP contribution in [0.25, 0.3) is 0 Å². The van der Waals surface area contributed by atoms with E-state index in [-0.39, 0.29) is 11.5 Å². The van der Waals surface area contributed by atoms with Crippen molar-refractivity contribution in [2.45, 2.75) is 32.5 Å². The summed E-state index contributed by atoms with van der Waals surface area (Å²) in [6, 6.07) is 3.22. The third-order valence-corrected chi connectivity index (χ3v) is 2.12. The molecule has 0 radical (unpaired) electrons. The minimum Gasteiger partial charge on any atom is -0.508 e. The van der Waals surface area contributed by atoms with E-state index in [0.29, 0.717) is 6.61 Å². The molecule has 1 aromatic carbocycles.